The first-order valence-electron chi connectivity index (χ1n) is 5.13. The van der Waals surface area contributed by atoms with Crippen molar-refractivity contribution in [2.75, 3.05) is 20.3 Å². The van der Waals surface area contributed by atoms with Crippen LogP contribution in [0.1, 0.15) is 21.5 Å². The van der Waals surface area contributed by atoms with Crippen molar-refractivity contribution >= 4 is 5.91 Å². The van der Waals surface area contributed by atoms with E-state index in [1.54, 1.807) is 7.11 Å². The summed E-state index contributed by atoms with van der Waals surface area (Å²) < 4.78 is 4.80. The molecule has 0 aliphatic rings. The second kappa shape index (κ2) is 6.25. The van der Waals surface area contributed by atoms with E-state index >= 15 is 0 Å². The van der Waals surface area contributed by atoms with Crippen molar-refractivity contribution in [3.8, 4) is 0 Å². The Bertz CT molecular complexity index is 363. The van der Waals surface area contributed by atoms with Crippen LogP contribution < -0.4 is 5.48 Å². The van der Waals surface area contributed by atoms with Gasteiger partial charge in [0.1, 0.15) is 0 Å². The quantitative estimate of drug-likeness (QED) is 0.609. The van der Waals surface area contributed by atoms with Crippen molar-refractivity contribution < 1.29 is 14.4 Å². The maximum absolute atomic E-state index is 11.7. The Hall–Kier alpha value is -1.39. The average molecular weight is 223 g/mol. The van der Waals surface area contributed by atoms with Crippen LogP contribution in [-0.4, -0.2) is 26.2 Å². The van der Waals surface area contributed by atoms with Crippen LogP contribution in [0, 0.1) is 13.8 Å². The second-order valence-corrected chi connectivity index (χ2v) is 3.59. The number of ether oxygens (including phenoxy) is 1. The minimum absolute atomic E-state index is 0.225. The van der Waals surface area contributed by atoms with Gasteiger partial charge in [-0.05, 0) is 25.5 Å². The monoisotopic (exact) mass is 223 g/mol. The van der Waals surface area contributed by atoms with Crippen LogP contribution >= 0.6 is 0 Å². The van der Waals surface area contributed by atoms with Crippen LogP contribution in [0.25, 0.3) is 0 Å². The standard InChI is InChI=1S/C12H17NO3/c1-9-4-5-10(2)11(8-9)12(14)13-16-7-6-15-3/h4-5,8H,6-7H2,1-3H3,(H,13,14). The van der Waals surface area contributed by atoms with Crippen LogP contribution in [0.5, 0.6) is 0 Å². The lowest BCUT2D eigenvalue weighted by molar-refractivity contribution is 0.00884. The highest BCUT2D eigenvalue weighted by atomic mass is 16.7. The molecule has 1 aromatic carbocycles. The number of benzene rings is 1. The number of carbonyl (C=O) groups excluding carboxylic acids is 1. The van der Waals surface area contributed by atoms with E-state index in [4.69, 9.17) is 9.57 Å². The molecule has 1 amide bonds. The number of aryl methyl sites for hydroxylation is 2. The third-order valence-electron chi connectivity index (χ3n) is 2.19. The van der Waals surface area contributed by atoms with Crippen molar-refractivity contribution in [1.29, 1.82) is 0 Å². The van der Waals surface area contributed by atoms with Gasteiger partial charge in [0.15, 0.2) is 0 Å². The van der Waals surface area contributed by atoms with E-state index in [1.807, 2.05) is 32.0 Å². The molecule has 0 bridgehead atoms. The van der Waals surface area contributed by atoms with Gasteiger partial charge in [-0.2, -0.15) is 0 Å². The Morgan fingerprint density at radius 2 is 2.06 bits per heavy atom. The number of hydrogen-bond donors (Lipinski definition) is 1. The average Bonchev–Trinajstić information content (AvgIpc) is 2.27. The van der Waals surface area contributed by atoms with Gasteiger partial charge in [0, 0.05) is 12.7 Å². The lowest BCUT2D eigenvalue weighted by Crippen LogP contribution is -2.26. The molecule has 0 unspecified atom stereocenters. The summed E-state index contributed by atoms with van der Waals surface area (Å²) in [5.74, 6) is -0.225. The molecule has 0 saturated heterocycles. The van der Waals surface area contributed by atoms with Gasteiger partial charge in [-0.1, -0.05) is 17.7 Å². The lowest BCUT2D eigenvalue weighted by atomic mass is 10.1. The molecule has 0 aliphatic carbocycles. The summed E-state index contributed by atoms with van der Waals surface area (Å²) in [7, 11) is 1.58. The summed E-state index contributed by atoms with van der Waals surface area (Å²) in [6.45, 7) is 4.63. The first-order valence-corrected chi connectivity index (χ1v) is 5.13. The van der Waals surface area contributed by atoms with Crippen LogP contribution in [0.2, 0.25) is 0 Å². The molecule has 0 heterocycles. The molecule has 1 rings (SSSR count). The summed E-state index contributed by atoms with van der Waals surface area (Å²) in [6, 6.07) is 5.72. The zero-order valence-corrected chi connectivity index (χ0v) is 9.87. The number of hydroxylamine groups is 1. The number of amides is 1. The molecule has 88 valence electrons. The molecule has 0 spiro atoms. The van der Waals surface area contributed by atoms with E-state index in [0.29, 0.717) is 18.8 Å². The van der Waals surface area contributed by atoms with Crippen molar-refractivity contribution in [2.45, 2.75) is 13.8 Å². The molecule has 0 aromatic heterocycles. The van der Waals surface area contributed by atoms with E-state index in [1.165, 1.54) is 0 Å². The Morgan fingerprint density at radius 3 is 2.75 bits per heavy atom. The van der Waals surface area contributed by atoms with Gasteiger partial charge < -0.3 is 4.74 Å². The molecule has 1 N–H and O–H groups in total. The predicted molar refractivity (Wildman–Crippen MR) is 61.2 cm³/mol. The van der Waals surface area contributed by atoms with Crippen LogP contribution in [0.4, 0.5) is 0 Å². The molecule has 0 aliphatic heterocycles. The van der Waals surface area contributed by atoms with Crippen LogP contribution in [-0.2, 0) is 9.57 Å². The van der Waals surface area contributed by atoms with E-state index in [0.717, 1.165) is 11.1 Å². The first-order chi connectivity index (χ1) is 7.65. The fourth-order valence-electron chi connectivity index (χ4n) is 1.28. The van der Waals surface area contributed by atoms with E-state index in [2.05, 4.69) is 5.48 Å². The number of carbonyl (C=O) groups is 1. The summed E-state index contributed by atoms with van der Waals surface area (Å²) in [5.41, 5.74) is 5.00. The van der Waals surface area contributed by atoms with Crippen molar-refractivity contribution in [1.82, 2.24) is 5.48 Å². The number of hydrogen-bond acceptors (Lipinski definition) is 3. The summed E-state index contributed by atoms with van der Waals surface area (Å²) in [6.07, 6.45) is 0. The Morgan fingerprint density at radius 1 is 1.31 bits per heavy atom. The van der Waals surface area contributed by atoms with Gasteiger partial charge in [0.05, 0.1) is 13.2 Å². The van der Waals surface area contributed by atoms with Crippen LogP contribution in [0.3, 0.4) is 0 Å². The molecular formula is C12H17NO3. The molecular weight excluding hydrogens is 206 g/mol. The smallest absolute Gasteiger partial charge is 0.275 e. The maximum atomic E-state index is 11.7. The SMILES string of the molecule is COCCONC(=O)c1cc(C)ccc1C. The highest BCUT2D eigenvalue weighted by Crippen LogP contribution is 2.10. The molecule has 0 fully saturated rings. The van der Waals surface area contributed by atoms with Crippen LogP contribution in [0.15, 0.2) is 18.2 Å². The van der Waals surface area contributed by atoms with Crippen molar-refractivity contribution in [3.05, 3.63) is 34.9 Å². The predicted octanol–water partition coefficient (Wildman–Crippen LogP) is 1.61. The van der Waals surface area contributed by atoms with E-state index < -0.39 is 0 Å². The molecule has 1 aromatic rings. The van der Waals surface area contributed by atoms with E-state index in [9.17, 15) is 4.79 Å². The fraction of sp³-hybridized carbons (Fsp3) is 0.417. The van der Waals surface area contributed by atoms with Gasteiger partial charge >= 0.3 is 0 Å². The van der Waals surface area contributed by atoms with Gasteiger partial charge in [-0.3, -0.25) is 9.63 Å². The van der Waals surface area contributed by atoms with Gasteiger partial charge in [-0.15, -0.1) is 0 Å². The number of rotatable bonds is 5. The molecule has 16 heavy (non-hydrogen) atoms. The fourth-order valence-corrected chi connectivity index (χ4v) is 1.28. The number of methoxy groups -OCH3 is 1. The Labute approximate surface area is 95.5 Å². The summed E-state index contributed by atoms with van der Waals surface area (Å²) in [5, 5.41) is 0. The summed E-state index contributed by atoms with van der Waals surface area (Å²) in [4.78, 5) is 16.7. The first kappa shape index (κ1) is 12.7. The molecule has 0 saturated carbocycles. The highest BCUT2D eigenvalue weighted by Gasteiger charge is 2.08. The molecule has 0 atom stereocenters. The molecule has 0 radical (unpaired) electrons. The largest absolute Gasteiger partial charge is 0.382 e. The van der Waals surface area contributed by atoms with Gasteiger partial charge in [-0.25, -0.2) is 5.48 Å². The minimum atomic E-state index is -0.225. The third kappa shape index (κ3) is 3.64. The zero-order chi connectivity index (χ0) is 12.0. The third-order valence-corrected chi connectivity index (χ3v) is 2.19. The topological polar surface area (TPSA) is 47.6 Å². The maximum Gasteiger partial charge on any atom is 0.275 e. The van der Waals surface area contributed by atoms with Gasteiger partial charge in [0.25, 0.3) is 5.91 Å². The Balaban J connectivity index is 2.55. The highest BCUT2D eigenvalue weighted by molar-refractivity contribution is 5.95. The molecule has 4 heteroatoms. The van der Waals surface area contributed by atoms with E-state index in [-0.39, 0.29) is 5.91 Å². The van der Waals surface area contributed by atoms with Gasteiger partial charge in [0.2, 0.25) is 0 Å². The summed E-state index contributed by atoms with van der Waals surface area (Å²) >= 11 is 0. The zero-order valence-electron chi connectivity index (χ0n) is 9.87. The normalized spacial score (nSPS) is 10.2. The lowest BCUT2D eigenvalue weighted by Gasteiger charge is -2.08. The second-order valence-electron chi connectivity index (χ2n) is 3.59. The molecule has 4 nitrogen and oxygen atoms in total. The minimum Gasteiger partial charge on any atom is -0.382 e. The number of nitrogens with one attached hydrogen (secondary N) is 1. The van der Waals surface area contributed by atoms with Crippen molar-refractivity contribution in [3.63, 3.8) is 0 Å². The Kier molecular flexibility index (Phi) is 4.95. The van der Waals surface area contributed by atoms with Crippen molar-refractivity contribution in [2.24, 2.45) is 0 Å².